The second-order valence-electron chi connectivity index (χ2n) is 5.25. The molecule has 0 radical (unpaired) electrons. The van der Waals surface area contributed by atoms with Gasteiger partial charge in [0.1, 0.15) is 5.69 Å². The minimum atomic E-state index is 0.385. The van der Waals surface area contributed by atoms with Gasteiger partial charge in [0.2, 0.25) is 0 Å². The SMILES string of the molecule is Cc1ccc(-c2ccccc2C=Nc2cccnc2Cl)c(N)c1. The second-order valence-corrected chi connectivity index (χ2v) is 5.61. The zero-order valence-corrected chi connectivity index (χ0v) is 13.5. The Bertz CT molecular complexity index is 872. The smallest absolute Gasteiger partial charge is 0.154 e. The highest BCUT2D eigenvalue weighted by molar-refractivity contribution is 6.31. The van der Waals surface area contributed by atoms with E-state index in [1.165, 1.54) is 0 Å². The number of rotatable bonds is 3. The molecule has 0 fully saturated rings. The molecular formula is C19H16ClN3. The lowest BCUT2D eigenvalue weighted by molar-refractivity contribution is 1.31. The Morgan fingerprint density at radius 3 is 2.65 bits per heavy atom. The van der Waals surface area contributed by atoms with Gasteiger partial charge in [-0.05, 0) is 36.2 Å². The topological polar surface area (TPSA) is 51.3 Å². The van der Waals surface area contributed by atoms with Crippen molar-refractivity contribution in [3.05, 3.63) is 77.1 Å². The summed E-state index contributed by atoms with van der Waals surface area (Å²) in [5.74, 6) is 0. The van der Waals surface area contributed by atoms with Crippen molar-refractivity contribution in [1.82, 2.24) is 4.98 Å². The third-order valence-electron chi connectivity index (χ3n) is 3.54. The number of halogens is 1. The number of pyridine rings is 1. The van der Waals surface area contributed by atoms with Crippen molar-refractivity contribution in [1.29, 1.82) is 0 Å². The number of aromatic nitrogens is 1. The van der Waals surface area contributed by atoms with Crippen LogP contribution in [0.2, 0.25) is 5.15 Å². The van der Waals surface area contributed by atoms with Gasteiger partial charge in [-0.1, -0.05) is 48.0 Å². The summed E-state index contributed by atoms with van der Waals surface area (Å²) in [6, 6.07) is 17.7. The molecule has 0 spiro atoms. The Kier molecular flexibility index (Phi) is 4.40. The normalized spacial score (nSPS) is 11.0. The van der Waals surface area contributed by atoms with Crippen LogP contribution in [0.4, 0.5) is 11.4 Å². The van der Waals surface area contributed by atoms with Crippen LogP contribution >= 0.6 is 11.6 Å². The van der Waals surface area contributed by atoms with Crippen LogP contribution < -0.4 is 5.73 Å². The molecule has 0 aliphatic heterocycles. The summed E-state index contributed by atoms with van der Waals surface area (Å²) in [6.45, 7) is 2.03. The van der Waals surface area contributed by atoms with Crippen LogP contribution in [0.1, 0.15) is 11.1 Å². The quantitative estimate of drug-likeness (QED) is 0.417. The first-order chi connectivity index (χ1) is 11.1. The Morgan fingerprint density at radius 2 is 1.87 bits per heavy atom. The summed E-state index contributed by atoms with van der Waals surface area (Å²) in [4.78, 5) is 8.48. The lowest BCUT2D eigenvalue weighted by atomic mass is 9.98. The molecule has 0 aliphatic rings. The first-order valence-corrected chi connectivity index (χ1v) is 7.63. The molecule has 0 aliphatic carbocycles. The van der Waals surface area contributed by atoms with Gasteiger partial charge < -0.3 is 5.73 Å². The van der Waals surface area contributed by atoms with Crippen LogP contribution in [-0.2, 0) is 0 Å². The third kappa shape index (κ3) is 3.41. The molecule has 2 N–H and O–H groups in total. The lowest BCUT2D eigenvalue weighted by Gasteiger charge is -2.10. The van der Waals surface area contributed by atoms with E-state index >= 15 is 0 Å². The molecule has 3 rings (SSSR count). The molecule has 0 atom stereocenters. The van der Waals surface area contributed by atoms with Gasteiger partial charge in [-0.15, -0.1) is 0 Å². The Morgan fingerprint density at radius 1 is 1.04 bits per heavy atom. The van der Waals surface area contributed by atoms with Crippen LogP contribution in [0, 0.1) is 6.92 Å². The van der Waals surface area contributed by atoms with Gasteiger partial charge >= 0.3 is 0 Å². The predicted octanol–water partition coefficient (Wildman–Crippen LogP) is 5.04. The molecule has 114 valence electrons. The minimum Gasteiger partial charge on any atom is -0.398 e. The van der Waals surface area contributed by atoms with Crippen molar-refractivity contribution >= 4 is 29.2 Å². The number of aliphatic imine (C=N–C) groups is 1. The first kappa shape index (κ1) is 15.3. The molecule has 0 saturated carbocycles. The lowest BCUT2D eigenvalue weighted by Crippen LogP contribution is -1.94. The Balaban J connectivity index is 2.03. The Hall–Kier alpha value is -2.65. The van der Waals surface area contributed by atoms with E-state index in [0.717, 1.165) is 27.9 Å². The zero-order valence-electron chi connectivity index (χ0n) is 12.7. The molecule has 3 aromatic rings. The van der Waals surface area contributed by atoms with Crippen molar-refractivity contribution in [2.24, 2.45) is 4.99 Å². The monoisotopic (exact) mass is 321 g/mol. The van der Waals surface area contributed by atoms with Crippen LogP contribution in [0.15, 0.2) is 65.8 Å². The molecule has 1 aromatic heterocycles. The summed E-state index contributed by atoms with van der Waals surface area (Å²) in [5.41, 5.74) is 11.7. The number of nitrogens with zero attached hydrogens (tertiary/aromatic N) is 2. The van der Waals surface area contributed by atoms with E-state index in [9.17, 15) is 0 Å². The third-order valence-corrected chi connectivity index (χ3v) is 3.83. The molecular weight excluding hydrogens is 306 g/mol. The standard InChI is InChI=1S/C19H16ClN3/c1-13-8-9-16(17(21)11-13)15-6-3-2-5-14(15)12-23-18-7-4-10-22-19(18)20/h2-12H,21H2,1H3. The number of anilines is 1. The fraction of sp³-hybridized carbons (Fsp3) is 0.0526. The van der Waals surface area contributed by atoms with Crippen LogP contribution in [0.5, 0.6) is 0 Å². The van der Waals surface area contributed by atoms with Crippen LogP contribution in [-0.4, -0.2) is 11.2 Å². The van der Waals surface area contributed by atoms with Gasteiger partial charge in [0.15, 0.2) is 5.15 Å². The number of aryl methyl sites for hydroxylation is 1. The highest BCUT2D eigenvalue weighted by atomic mass is 35.5. The van der Waals surface area contributed by atoms with Crippen molar-refractivity contribution in [2.45, 2.75) is 6.92 Å². The molecule has 1 heterocycles. The molecule has 0 bridgehead atoms. The highest BCUT2D eigenvalue weighted by Crippen LogP contribution is 2.29. The van der Waals surface area contributed by atoms with E-state index in [0.29, 0.717) is 10.8 Å². The average Bonchev–Trinajstić information content (AvgIpc) is 2.55. The molecule has 2 aromatic carbocycles. The van der Waals surface area contributed by atoms with E-state index in [1.807, 2.05) is 55.5 Å². The van der Waals surface area contributed by atoms with Gasteiger partial charge in [-0.3, -0.25) is 4.99 Å². The summed E-state index contributed by atoms with van der Waals surface area (Å²) < 4.78 is 0. The zero-order chi connectivity index (χ0) is 16.2. The van der Waals surface area contributed by atoms with E-state index in [-0.39, 0.29) is 0 Å². The van der Waals surface area contributed by atoms with Gasteiger partial charge in [0, 0.05) is 29.2 Å². The summed E-state index contributed by atoms with van der Waals surface area (Å²) in [5, 5.41) is 0.385. The Labute approximate surface area is 140 Å². The molecule has 0 unspecified atom stereocenters. The fourth-order valence-electron chi connectivity index (χ4n) is 2.40. The number of nitrogen functional groups attached to an aromatic ring is 1. The van der Waals surface area contributed by atoms with Crippen LogP contribution in [0.3, 0.4) is 0 Å². The minimum absolute atomic E-state index is 0.385. The van der Waals surface area contributed by atoms with Crippen molar-refractivity contribution < 1.29 is 0 Å². The number of nitrogens with two attached hydrogens (primary N) is 1. The summed E-state index contributed by atoms with van der Waals surface area (Å²) in [7, 11) is 0. The first-order valence-electron chi connectivity index (χ1n) is 7.25. The van der Waals surface area contributed by atoms with E-state index < -0.39 is 0 Å². The largest absolute Gasteiger partial charge is 0.398 e. The molecule has 23 heavy (non-hydrogen) atoms. The summed E-state index contributed by atoms with van der Waals surface area (Å²) in [6.07, 6.45) is 3.43. The number of hydrogen-bond acceptors (Lipinski definition) is 3. The fourth-order valence-corrected chi connectivity index (χ4v) is 2.56. The van der Waals surface area contributed by atoms with Crippen LogP contribution in [0.25, 0.3) is 11.1 Å². The van der Waals surface area contributed by atoms with Crippen molar-refractivity contribution in [3.8, 4) is 11.1 Å². The molecule has 4 heteroatoms. The molecule has 0 saturated heterocycles. The summed E-state index contributed by atoms with van der Waals surface area (Å²) >= 11 is 6.05. The van der Waals surface area contributed by atoms with Crippen molar-refractivity contribution in [3.63, 3.8) is 0 Å². The van der Waals surface area contributed by atoms with E-state index in [2.05, 4.69) is 16.0 Å². The number of benzene rings is 2. The maximum Gasteiger partial charge on any atom is 0.154 e. The van der Waals surface area contributed by atoms with Crippen molar-refractivity contribution in [2.75, 3.05) is 5.73 Å². The predicted molar refractivity (Wildman–Crippen MR) is 97.5 cm³/mol. The molecule has 3 nitrogen and oxygen atoms in total. The van der Waals surface area contributed by atoms with Gasteiger partial charge in [-0.25, -0.2) is 4.98 Å². The van der Waals surface area contributed by atoms with Gasteiger partial charge in [-0.2, -0.15) is 0 Å². The molecule has 0 amide bonds. The van der Waals surface area contributed by atoms with E-state index in [1.54, 1.807) is 12.4 Å². The van der Waals surface area contributed by atoms with Gasteiger partial charge in [0.05, 0.1) is 0 Å². The highest BCUT2D eigenvalue weighted by Gasteiger charge is 2.07. The average molecular weight is 322 g/mol. The van der Waals surface area contributed by atoms with Gasteiger partial charge in [0.25, 0.3) is 0 Å². The maximum atomic E-state index is 6.18. The number of hydrogen-bond donors (Lipinski definition) is 1. The van der Waals surface area contributed by atoms with E-state index in [4.69, 9.17) is 17.3 Å². The second kappa shape index (κ2) is 6.63. The maximum absolute atomic E-state index is 6.18.